The number of hydrogen-bond acceptors (Lipinski definition) is 4. The fraction of sp³-hybridized carbons (Fsp3) is 0.286. The molecule has 27 heavy (non-hydrogen) atoms. The van der Waals surface area contributed by atoms with Crippen molar-refractivity contribution in [3.8, 4) is 0 Å². The van der Waals surface area contributed by atoms with Gasteiger partial charge in [-0.05, 0) is 46.9 Å². The Morgan fingerprint density at radius 1 is 1.00 bits per heavy atom. The molecule has 3 rings (SSSR count). The van der Waals surface area contributed by atoms with Crippen molar-refractivity contribution < 1.29 is 12.8 Å². The normalized spacial score (nSPS) is 12.4. The molecule has 0 bridgehead atoms. The Hall–Kier alpha value is -2.44. The van der Waals surface area contributed by atoms with Crippen LogP contribution >= 0.6 is 0 Å². The lowest BCUT2D eigenvalue weighted by atomic mass is 9.87. The average Bonchev–Trinajstić information content (AvgIpc) is 3.14. The van der Waals surface area contributed by atoms with Gasteiger partial charge in [-0.25, -0.2) is 8.42 Å². The van der Waals surface area contributed by atoms with Gasteiger partial charge in [0.05, 0.1) is 17.7 Å². The maximum Gasteiger partial charge on any atom is 0.243 e. The zero-order valence-electron chi connectivity index (χ0n) is 15.8. The highest BCUT2D eigenvalue weighted by molar-refractivity contribution is 7.89. The first-order valence-corrected chi connectivity index (χ1v) is 10.2. The lowest BCUT2D eigenvalue weighted by Crippen LogP contribution is -2.30. The van der Waals surface area contributed by atoms with Gasteiger partial charge >= 0.3 is 0 Å². The largest absolute Gasteiger partial charge is 0.468 e. The lowest BCUT2D eigenvalue weighted by molar-refractivity contribution is 0.358. The number of pyridine rings is 1. The maximum atomic E-state index is 13.3. The fourth-order valence-corrected chi connectivity index (χ4v) is 4.17. The third kappa shape index (κ3) is 4.64. The lowest BCUT2D eigenvalue weighted by Gasteiger charge is -2.23. The summed E-state index contributed by atoms with van der Waals surface area (Å²) < 4.78 is 33.4. The van der Waals surface area contributed by atoms with Crippen LogP contribution in [0.3, 0.4) is 0 Å². The molecule has 0 N–H and O–H groups in total. The quantitative estimate of drug-likeness (QED) is 0.633. The number of rotatable bonds is 6. The van der Waals surface area contributed by atoms with Crippen LogP contribution in [0.1, 0.15) is 37.7 Å². The number of hydrogen-bond donors (Lipinski definition) is 0. The van der Waals surface area contributed by atoms with Gasteiger partial charge in [0.1, 0.15) is 5.76 Å². The summed E-state index contributed by atoms with van der Waals surface area (Å²) in [6.07, 6.45) is 4.88. The van der Waals surface area contributed by atoms with Crippen molar-refractivity contribution in [2.75, 3.05) is 0 Å². The zero-order valence-corrected chi connectivity index (χ0v) is 16.6. The third-order valence-electron chi connectivity index (χ3n) is 4.35. The first-order valence-electron chi connectivity index (χ1n) is 8.79. The van der Waals surface area contributed by atoms with E-state index in [4.69, 9.17) is 4.42 Å². The summed E-state index contributed by atoms with van der Waals surface area (Å²) >= 11 is 0. The molecule has 2 heterocycles. The predicted octanol–water partition coefficient (Wildman–Crippen LogP) is 4.36. The van der Waals surface area contributed by atoms with E-state index in [1.165, 1.54) is 4.31 Å². The van der Waals surface area contributed by atoms with Crippen LogP contribution in [0, 0.1) is 0 Å². The Bertz CT molecular complexity index is 959. The Morgan fingerprint density at radius 2 is 1.74 bits per heavy atom. The van der Waals surface area contributed by atoms with E-state index >= 15 is 0 Å². The smallest absolute Gasteiger partial charge is 0.243 e. The monoisotopic (exact) mass is 384 g/mol. The van der Waals surface area contributed by atoms with Crippen LogP contribution in [0.4, 0.5) is 0 Å². The van der Waals surface area contributed by atoms with Gasteiger partial charge in [0.2, 0.25) is 10.0 Å². The number of sulfonamides is 1. The Labute approximate surface area is 160 Å². The number of nitrogens with zero attached hydrogens (tertiary/aromatic N) is 2. The summed E-state index contributed by atoms with van der Waals surface area (Å²) in [7, 11) is -3.69. The molecule has 0 atom stereocenters. The average molecular weight is 385 g/mol. The highest BCUT2D eigenvalue weighted by Gasteiger charge is 2.26. The molecule has 0 aliphatic heterocycles. The predicted molar refractivity (Wildman–Crippen MR) is 105 cm³/mol. The van der Waals surface area contributed by atoms with E-state index in [9.17, 15) is 8.42 Å². The van der Waals surface area contributed by atoms with Crippen LogP contribution in [0.5, 0.6) is 0 Å². The van der Waals surface area contributed by atoms with Gasteiger partial charge in [-0.15, -0.1) is 0 Å². The molecule has 0 amide bonds. The highest BCUT2D eigenvalue weighted by Crippen LogP contribution is 2.26. The van der Waals surface area contributed by atoms with Crippen molar-refractivity contribution >= 4 is 10.0 Å². The molecule has 2 aromatic heterocycles. The Morgan fingerprint density at radius 3 is 2.30 bits per heavy atom. The minimum absolute atomic E-state index is 0.0359. The molecule has 1 aromatic carbocycles. The van der Waals surface area contributed by atoms with Gasteiger partial charge in [-0.2, -0.15) is 4.31 Å². The van der Waals surface area contributed by atoms with E-state index in [1.54, 1.807) is 49.0 Å². The van der Waals surface area contributed by atoms with E-state index in [1.807, 2.05) is 18.2 Å². The standard InChI is InChI=1S/C21H24N2O3S/c1-21(2,3)18-8-10-20(11-9-18)27(24,25)23(16-19-7-5-13-26-19)15-17-6-4-12-22-14-17/h4-14H,15-16H2,1-3H3. The van der Waals surface area contributed by atoms with Gasteiger partial charge < -0.3 is 4.42 Å². The van der Waals surface area contributed by atoms with Crippen molar-refractivity contribution in [3.63, 3.8) is 0 Å². The molecular weight excluding hydrogens is 360 g/mol. The van der Waals surface area contributed by atoms with Crippen LogP contribution < -0.4 is 0 Å². The van der Waals surface area contributed by atoms with E-state index in [0.717, 1.165) is 11.1 Å². The second-order valence-electron chi connectivity index (χ2n) is 7.49. The molecule has 0 spiro atoms. The maximum absolute atomic E-state index is 13.3. The minimum Gasteiger partial charge on any atom is -0.468 e. The van der Waals surface area contributed by atoms with Gasteiger partial charge in [0.15, 0.2) is 0 Å². The molecule has 6 heteroatoms. The molecule has 0 aliphatic rings. The van der Waals surface area contributed by atoms with Gasteiger partial charge in [0, 0.05) is 18.9 Å². The van der Waals surface area contributed by atoms with Crippen LogP contribution in [-0.2, 0) is 28.5 Å². The van der Waals surface area contributed by atoms with E-state index in [0.29, 0.717) is 5.76 Å². The van der Waals surface area contributed by atoms with E-state index < -0.39 is 10.0 Å². The van der Waals surface area contributed by atoms with Crippen molar-refractivity contribution in [2.24, 2.45) is 0 Å². The first-order chi connectivity index (χ1) is 12.8. The molecular formula is C21H24N2O3S. The van der Waals surface area contributed by atoms with E-state index in [2.05, 4.69) is 25.8 Å². The number of aromatic nitrogens is 1. The summed E-state index contributed by atoms with van der Waals surface area (Å²) in [5.74, 6) is 0.591. The number of furan rings is 1. The van der Waals surface area contributed by atoms with Crippen molar-refractivity contribution in [1.29, 1.82) is 0 Å². The molecule has 0 unspecified atom stereocenters. The summed E-state index contributed by atoms with van der Waals surface area (Å²) in [6, 6.07) is 14.3. The van der Waals surface area contributed by atoms with Crippen LogP contribution in [0.2, 0.25) is 0 Å². The van der Waals surface area contributed by atoms with Gasteiger partial charge in [-0.1, -0.05) is 39.0 Å². The van der Waals surface area contributed by atoms with Crippen molar-refractivity contribution in [3.05, 3.63) is 84.1 Å². The summed E-state index contributed by atoms with van der Waals surface area (Å²) in [6.45, 7) is 6.68. The molecule has 0 saturated carbocycles. The van der Waals surface area contributed by atoms with E-state index in [-0.39, 0.29) is 23.4 Å². The number of benzene rings is 1. The highest BCUT2D eigenvalue weighted by atomic mass is 32.2. The molecule has 0 fully saturated rings. The van der Waals surface area contributed by atoms with Crippen LogP contribution in [-0.4, -0.2) is 17.7 Å². The summed E-state index contributed by atoms with van der Waals surface area (Å²) in [4.78, 5) is 4.35. The molecule has 0 radical (unpaired) electrons. The summed E-state index contributed by atoms with van der Waals surface area (Å²) in [5.41, 5.74) is 1.87. The Balaban J connectivity index is 1.93. The van der Waals surface area contributed by atoms with Crippen molar-refractivity contribution in [1.82, 2.24) is 9.29 Å². The van der Waals surface area contributed by atoms with Crippen molar-refractivity contribution in [2.45, 2.75) is 44.2 Å². The first kappa shape index (κ1) is 19.3. The molecule has 0 aliphatic carbocycles. The minimum atomic E-state index is -3.69. The molecule has 5 nitrogen and oxygen atoms in total. The van der Waals surface area contributed by atoms with Gasteiger partial charge in [0.25, 0.3) is 0 Å². The Kier molecular flexibility index (Phi) is 5.48. The third-order valence-corrected chi connectivity index (χ3v) is 6.16. The van der Waals surface area contributed by atoms with Gasteiger partial charge in [-0.3, -0.25) is 4.98 Å². The fourth-order valence-electron chi connectivity index (χ4n) is 2.77. The second kappa shape index (κ2) is 7.66. The molecule has 0 saturated heterocycles. The second-order valence-corrected chi connectivity index (χ2v) is 9.43. The zero-order chi connectivity index (χ0) is 19.5. The topological polar surface area (TPSA) is 63.4 Å². The van der Waals surface area contributed by atoms with Crippen LogP contribution in [0.15, 0.2) is 76.5 Å². The van der Waals surface area contributed by atoms with Crippen LogP contribution in [0.25, 0.3) is 0 Å². The SMILES string of the molecule is CC(C)(C)c1ccc(S(=O)(=O)N(Cc2cccnc2)Cc2ccco2)cc1. The summed E-state index contributed by atoms with van der Waals surface area (Å²) in [5, 5.41) is 0. The molecule has 142 valence electrons. The molecule has 3 aromatic rings.